The van der Waals surface area contributed by atoms with E-state index in [9.17, 15) is 5.11 Å². The molecule has 2 N–H and O–H groups in total. The molecule has 1 atom stereocenters. The molecule has 5 rings (SSSR count). The summed E-state index contributed by atoms with van der Waals surface area (Å²) >= 11 is 0. The van der Waals surface area contributed by atoms with Crippen molar-refractivity contribution in [3.8, 4) is 5.75 Å². The Bertz CT molecular complexity index is 467. The molecule has 4 bridgehead atoms. The highest BCUT2D eigenvalue weighted by Crippen LogP contribution is 2.54. The first-order valence-electron chi connectivity index (χ1n) is 8.78. The van der Waals surface area contributed by atoms with E-state index in [-0.39, 0.29) is 0 Å². The summed E-state index contributed by atoms with van der Waals surface area (Å²) in [6.07, 6.45) is 8.52. The Labute approximate surface area is 128 Å². The van der Waals surface area contributed by atoms with Gasteiger partial charge in [0.15, 0.2) is 0 Å². The maximum Gasteiger partial charge on any atom is 0.115 e. The van der Waals surface area contributed by atoms with E-state index < -0.39 is 0 Å². The first-order chi connectivity index (χ1) is 10.2. The van der Waals surface area contributed by atoms with E-state index in [2.05, 4.69) is 24.4 Å². The zero-order valence-electron chi connectivity index (χ0n) is 13.0. The van der Waals surface area contributed by atoms with Crippen LogP contribution < -0.4 is 5.32 Å². The molecule has 4 fully saturated rings. The molecule has 4 aliphatic rings. The minimum atomic E-state index is 0.364. The summed E-state index contributed by atoms with van der Waals surface area (Å²) in [5.41, 5.74) is 1.32. The maximum atomic E-state index is 9.48. The fourth-order valence-electron chi connectivity index (χ4n) is 5.59. The molecule has 0 saturated heterocycles. The van der Waals surface area contributed by atoms with E-state index in [0.29, 0.717) is 11.8 Å². The van der Waals surface area contributed by atoms with Crippen LogP contribution in [0.3, 0.4) is 0 Å². The number of phenols is 1. The molecule has 0 amide bonds. The minimum Gasteiger partial charge on any atom is -0.508 e. The Morgan fingerprint density at radius 2 is 1.57 bits per heavy atom. The Hall–Kier alpha value is -1.02. The Morgan fingerprint density at radius 3 is 2.10 bits per heavy atom. The van der Waals surface area contributed by atoms with Crippen LogP contribution in [0.25, 0.3) is 0 Å². The van der Waals surface area contributed by atoms with Crippen molar-refractivity contribution in [3.05, 3.63) is 29.8 Å². The summed E-state index contributed by atoms with van der Waals surface area (Å²) in [5.74, 6) is 4.29. The second-order valence-electron chi connectivity index (χ2n) is 7.68. The predicted molar refractivity (Wildman–Crippen MR) is 85.1 cm³/mol. The molecule has 1 aromatic carbocycles. The van der Waals surface area contributed by atoms with Crippen molar-refractivity contribution in [1.82, 2.24) is 5.32 Å². The van der Waals surface area contributed by atoms with Gasteiger partial charge in [0.25, 0.3) is 0 Å². The van der Waals surface area contributed by atoms with Crippen LogP contribution in [0.1, 0.15) is 57.1 Å². The molecule has 2 heteroatoms. The van der Waals surface area contributed by atoms with E-state index >= 15 is 0 Å². The molecule has 4 aliphatic carbocycles. The molecule has 2 nitrogen and oxygen atoms in total. The van der Waals surface area contributed by atoms with E-state index in [0.717, 1.165) is 36.1 Å². The number of benzene rings is 1. The Balaban J connectivity index is 1.50. The van der Waals surface area contributed by atoms with E-state index in [1.807, 2.05) is 12.1 Å². The molecule has 0 heterocycles. The summed E-state index contributed by atoms with van der Waals surface area (Å²) < 4.78 is 0. The largest absolute Gasteiger partial charge is 0.508 e. The van der Waals surface area contributed by atoms with Gasteiger partial charge >= 0.3 is 0 Å². The molecule has 1 unspecified atom stereocenters. The number of phenolic OH excluding ortho intramolecular Hbond substituents is 1. The Morgan fingerprint density at radius 1 is 1.00 bits per heavy atom. The van der Waals surface area contributed by atoms with Gasteiger partial charge in [-0.05, 0) is 79.9 Å². The lowest BCUT2D eigenvalue weighted by Crippen LogP contribution is -2.55. The third-order valence-corrected chi connectivity index (χ3v) is 6.32. The van der Waals surface area contributed by atoms with Gasteiger partial charge in [-0.15, -0.1) is 0 Å². The van der Waals surface area contributed by atoms with Crippen LogP contribution in [0, 0.1) is 23.7 Å². The number of aromatic hydroxyl groups is 1. The molecule has 114 valence electrons. The molecule has 1 aromatic rings. The van der Waals surface area contributed by atoms with Gasteiger partial charge in [0.2, 0.25) is 0 Å². The van der Waals surface area contributed by atoms with Crippen molar-refractivity contribution in [1.29, 1.82) is 0 Å². The Kier molecular flexibility index (Phi) is 3.45. The van der Waals surface area contributed by atoms with Crippen molar-refractivity contribution in [3.63, 3.8) is 0 Å². The van der Waals surface area contributed by atoms with Crippen LogP contribution in [-0.2, 0) is 0 Å². The minimum absolute atomic E-state index is 0.364. The third kappa shape index (κ3) is 2.48. The highest BCUT2D eigenvalue weighted by atomic mass is 16.3. The van der Waals surface area contributed by atoms with Crippen molar-refractivity contribution in [2.75, 3.05) is 0 Å². The van der Waals surface area contributed by atoms with Crippen LogP contribution in [0.5, 0.6) is 5.75 Å². The van der Waals surface area contributed by atoms with E-state index in [4.69, 9.17) is 0 Å². The van der Waals surface area contributed by atoms with E-state index in [1.165, 1.54) is 37.7 Å². The first kappa shape index (κ1) is 13.6. The van der Waals surface area contributed by atoms with Crippen molar-refractivity contribution in [2.24, 2.45) is 23.7 Å². The molecule has 0 spiro atoms. The van der Waals surface area contributed by atoms with Gasteiger partial charge in [0, 0.05) is 12.1 Å². The van der Waals surface area contributed by atoms with E-state index in [1.54, 1.807) is 0 Å². The van der Waals surface area contributed by atoms with Crippen LogP contribution in [0.4, 0.5) is 0 Å². The van der Waals surface area contributed by atoms with Gasteiger partial charge in [-0.3, -0.25) is 0 Å². The zero-order valence-corrected chi connectivity index (χ0v) is 13.0. The topological polar surface area (TPSA) is 32.3 Å². The summed E-state index contributed by atoms with van der Waals surface area (Å²) in [6.45, 7) is 2.26. The smallest absolute Gasteiger partial charge is 0.115 e. The fraction of sp³-hybridized carbons (Fsp3) is 0.684. The normalized spacial score (nSPS) is 38.6. The van der Waals surface area contributed by atoms with Gasteiger partial charge in [0.1, 0.15) is 5.75 Å². The SMILES string of the molecule is CCC(NC1C2CC3CC(C2)CC1C3)c1ccc(O)cc1. The fourth-order valence-corrected chi connectivity index (χ4v) is 5.59. The molecule has 4 saturated carbocycles. The second kappa shape index (κ2) is 5.31. The standard InChI is InChI=1S/C19H27NO/c1-2-18(14-3-5-17(21)6-4-14)20-19-15-8-12-7-13(10-15)11-16(19)9-12/h3-6,12-13,15-16,18-21H,2,7-11H2,1H3. The summed E-state index contributed by atoms with van der Waals surface area (Å²) in [6, 6.07) is 8.96. The van der Waals surface area contributed by atoms with Crippen molar-refractivity contribution in [2.45, 2.75) is 57.5 Å². The monoisotopic (exact) mass is 285 g/mol. The third-order valence-electron chi connectivity index (χ3n) is 6.32. The van der Waals surface area contributed by atoms with Crippen molar-refractivity contribution < 1.29 is 5.11 Å². The zero-order chi connectivity index (χ0) is 14.4. The lowest BCUT2D eigenvalue weighted by Gasteiger charge is -2.55. The van der Waals surface area contributed by atoms with Gasteiger partial charge in [-0.25, -0.2) is 0 Å². The number of nitrogens with one attached hydrogen (secondary N) is 1. The van der Waals surface area contributed by atoms with Crippen molar-refractivity contribution >= 4 is 0 Å². The molecular formula is C19H27NO. The number of rotatable bonds is 4. The summed E-state index contributed by atoms with van der Waals surface area (Å²) in [7, 11) is 0. The number of hydrogen-bond acceptors (Lipinski definition) is 2. The van der Waals surface area contributed by atoms with Gasteiger partial charge in [0.05, 0.1) is 0 Å². The molecular weight excluding hydrogens is 258 g/mol. The van der Waals surface area contributed by atoms with Crippen LogP contribution in [-0.4, -0.2) is 11.1 Å². The summed E-state index contributed by atoms with van der Waals surface area (Å²) in [4.78, 5) is 0. The maximum absolute atomic E-state index is 9.48. The quantitative estimate of drug-likeness (QED) is 0.866. The highest BCUT2D eigenvalue weighted by Gasteiger charge is 2.48. The second-order valence-corrected chi connectivity index (χ2v) is 7.68. The molecule has 21 heavy (non-hydrogen) atoms. The van der Waals surface area contributed by atoms with Gasteiger partial charge in [-0.2, -0.15) is 0 Å². The molecule has 0 radical (unpaired) electrons. The molecule has 0 aliphatic heterocycles. The average Bonchev–Trinajstić information content (AvgIpc) is 2.47. The summed E-state index contributed by atoms with van der Waals surface area (Å²) in [5, 5.41) is 13.5. The lowest BCUT2D eigenvalue weighted by molar-refractivity contribution is -0.0180. The lowest BCUT2D eigenvalue weighted by atomic mass is 9.54. The van der Waals surface area contributed by atoms with Crippen LogP contribution in [0.2, 0.25) is 0 Å². The van der Waals surface area contributed by atoms with Crippen LogP contribution in [0.15, 0.2) is 24.3 Å². The average molecular weight is 285 g/mol. The van der Waals surface area contributed by atoms with Gasteiger partial charge < -0.3 is 10.4 Å². The first-order valence-corrected chi connectivity index (χ1v) is 8.78. The van der Waals surface area contributed by atoms with Gasteiger partial charge in [-0.1, -0.05) is 19.1 Å². The number of hydrogen-bond donors (Lipinski definition) is 2. The highest BCUT2D eigenvalue weighted by molar-refractivity contribution is 5.28. The van der Waals surface area contributed by atoms with Crippen LogP contribution >= 0.6 is 0 Å². The molecule has 0 aromatic heterocycles. The predicted octanol–water partition coefficient (Wildman–Crippen LogP) is 4.26.